The molecule has 0 spiro atoms. The van der Waals surface area contributed by atoms with Gasteiger partial charge in [-0.2, -0.15) is 13.2 Å². The van der Waals surface area contributed by atoms with E-state index in [1.807, 2.05) is 0 Å². The lowest BCUT2D eigenvalue weighted by Gasteiger charge is -2.28. The van der Waals surface area contributed by atoms with Crippen LogP contribution in [0.15, 0.2) is 52.9 Å². The summed E-state index contributed by atoms with van der Waals surface area (Å²) >= 11 is 0. The van der Waals surface area contributed by atoms with Crippen molar-refractivity contribution in [2.45, 2.75) is 24.1 Å². The lowest BCUT2D eigenvalue weighted by atomic mass is 10.00. The van der Waals surface area contributed by atoms with Gasteiger partial charge in [0.25, 0.3) is 0 Å². The first-order valence-electron chi connectivity index (χ1n) is 8.33. The number of halogens is 3. The van der Waals surface area contributed by atoms with Crippen LogP contribution in [-0.4, -0.2) is 37.7 Å². The maximum atomic E-state index is 13.3. The van der Waals surface area contributed by atoms with E-state index in [1.54, 1.807) is 37.3 Å². The predicted octanol–water partition coefficient (Wildman–Crippen LogP) is 3.63. The van der Waals surface area contributed by atoms with Gasteiger partial charge in [0, 0.05) is 11.3 Å². The number of hydrogen-bond donors (Lipinski definition) is 2. The first-order chi connectivity index (χ1) is 13.5. The summed E-state index contributed by atoms with van der Waals surface area (Å²) in [4.78, 5) is 10.8. The van der Waals surface area contributed by atoms with E-state index < -0.39 is 50.2 Å². The molecule has 10 heteroatoms. The fraction of sp³-hybridized carbons (Fsp3) is 0.211. The van der Waals surface area contributed by atoms with Gasteiger partial charge in [-0.1, -0.05) is 18.2 Å². The number of sulfone groups is 1. The number of para-hydroxylation sites is 1. The number of aliphatic carboxylic acids is 1. The second-order valence-corrected chi connectivity index (χ2v) is 8.39. The summed E-state index contributed by atoms with van der Waals surface area (Å²) in [6, 6.07) is 11.0. The molecular formula is C19H16F3NO5S. The van der Waals surface area contributed by atoms with E-state index >= 15 is 0 Å². The Morgan fingerprint density at radius 1 is 1.21 bits per heavy atom. The van der Waals surface area contributed by atoms with Crippen LogP contribution < -0.4 is 10.1 Å². The molecule has 0 saturated carbocycles. The molecule has 3 rings (SSSR count). The largest absolute Gasteiger partial charge is 0.478 e. The summed E-state index contributed by atoms with van der Waals surface area (Å²) in [5.74, 6) is -2.89. The number of carboxylic acid groups (broad SMARTS) is 1. The Kier molecular flexibility index (Phi) is 5.31. The third-order valence-electron chi connectivity index (χ3n) is 4.18. The zero-order valence-electron chi connectivity index (χ0n) is 15.0. The number of hydrogen-bond acceptors (Lipinski definition) is 5. The minimum atomic E-state index is -5.03. The second kappa shape index (κ2) is 7.43. The van der Waals surface area contributed by atoms with Crippen molar-refractivity contribution in [2.24, 2.45) is 0 Å². The van der Waals surface area contributed by atoms with Crippen molar-refractivity contribution in [3.8, 4) is 5.75 Å². The Bertz CT molecular complexity index is 1080. The van der Waals surface area contributed by atoms with Gasteiger partial charge in [0.05, 0.1) is 5.57 Å². The lowest BCUT2D eigenvalue weighted by molar-refractivity contribution is -0.187. The minimum absolute atomic E-state index is 0.0406. The number of carboxylic acids is 1. The number of rotatable bonds is 5. The van der Waals surface area contributed by atoms with Gasteiger partial charge in [-0.05, 0) is 42.8 Å². The highest BCUT2D eigenvalue weighted by Crippen LogP contribution is 2.41. The molecular weight excluding hydrogens is 411 g/mol. The molecule has 29 heavy (non-hydrogen) atoms. The van der Waals surface area contributed by atoms with Gasteiger partial charge in [0.2, 0.25) is 6.10 Å². The monoisotopic (exact) mass is 427 g/mol. The van der Waals surface area contributed by atoms with Gasteiger partial charge in [0.15, 0.2) is 9.84 Å². The molecule has 6 nitrogen and oxygen atoms in total. The van der Waals surface area contributed by atoms with Crippen LogP contribution in [-0.2, 0) is 14.6 Å². The van der Waals surface area contributed by atoms with Crippen molar-refractivity contribution in [1.82, 2.24) is 0 Å². The number of benzene rings is 2. The fourth-order valence-corrected chi connectivity index (χ4v) is 4.21. The smallest absolute Gasteiger partial charge is 0.430 e. The van der Waals surface area contributed by atoms with E-state index in [0.717, 1.165) is 6.08 Å². The molecule has 0 aliphatic carbocycles. The van der Waals surface area contributed by atoms with Crippen molar-refractivity contribution in [3.05, 3.63) is 59.2 Å². The Morgan fingerprint density at radius 3 is 2.45 bits per heavy atom. The highest BCUT2D eigenvalue weighted by Gasteiger charge is 2.49. The Labute approximate surface area is 164 Å². The number of aryl methyl sites for hydroxylation is 1. The van der Waals surface area contributed by atoms with Crippen molar-refractivity contribution in [3.63, 3.8) is 0 Å². The number of alkyl halides is 3. The van der Waals surface area contributed by atoms with Crippen molar-refractivity contribution >= 4 is 27.6 Å². The average Bonchev–Trinajstić information content (AvgIpc) is 2.64. The first-order valence-corrected chi connectivity index (χ1v) is 9.99. The van der Waals surface area contributed by atoms with Crippen LogP contribution in [0.4, 0.5) is 18.9 Å². The molecule has 2 aromatic rings. The van der Waals surface area contributed by atoms with Gasteiger partial charge >= 0.3 is 12.1 Å². The quantitative estimate of drug-likeness (QED) is 0.757. The second-order valence-electron chi connectivity index (χ2n) is 6.43. The molecule has 1 atom stereocenters. The summed E-state index contributed by atoms with van der Waals surface area (Å²) in [6.45, 7) is 1.55. The number of carbonyl (C=O) groups is 1. The van der Waals surface area contributed by atoms with Gasteiger partial charge in [0.1, 0.15) is 16.5 Å². The molecule has 0 aromatic heterocycles. The van der Waals surface area contributed by atoms with Crippen LogP contribution >= 0.6 is 0 Å². The van der Waals surface area contributed by atoms with Crippen LogP contribution in [0.5, 0.6) is 5.75 Å². The maximum Gasteiger partial charge on any atom is 0.430 e. The molecule has 0 fully saturated rings. The van der Waals surface area contributed by atoms with E-state index in [9.17, 15) is 26.4 Å². The van der Waals surface area contributed by atoms with E-state index in [4.69, 9.17) is 9.84 Å². The van der Waals surface area contributed by atoms with Crippen LogP contribution in [0.2, 0.25) is 0 Å². The van der Waals surface area contributed by atoms with Crippen LogP contribution in [0.1, 0.15) is 11.1 Å². The molecule has 2 N–H and O–H groups in total. The minimum Gasteiger partial charge on any atom is -0.478 e. The molecule has 0 saturated heterocycles. The Morgan fingerprint density at radius 2 is 1.86 bits per heavy atom. The topological polar surface area (TPSA) is 92.7 Å². The molecule has 0 bridgehead atoms. The van der Waals surface area contributed by atoms with E-state index in [1.165, 1.54) is 12.1 Å². The molecule has 0 radical (unpaired) electrons. The van der Waals surface area contributed by atoms with Gasteiger partial charge in [-0.15, -0.1) is 0 Å². The summed E-state index contributed by atoms with van der Waals surface area (Å²) in [5.41, 5.74) is -0.112. The number of anilines is 1. The number of fused-ring (bicyclic) bond motifs is 1. The highest BCUT2D eigenvalue weighted by molar-refractivity contribution is 7.91. The maximum absolute atomic E-state index is 13.3. The van der Waals surface area contributed by atoms with Crippen LogP contribution in [0.25, 0.3) is 6.08 Å². The van der Waals surface area contributed by atoms with E-state index in [2.05, 4.69) is 5.32 Å². The van der Waals surface area contributed by atoms with Crippen LogP contribution in [0, 0.1) is 6.92 Å². The SMILES string of the molecule is Cc1cc2c(c(S(=O)(=O)CNc3ccccc3)c1)OC(C(F)(F)F)C(C(=O)O)=C2. The lowest BCUT2D eigenvalue weighted by Crippen LogP contribution is -2.40. The third-order valence-corrected chi connectivity index (χ3v) is 5.67. The third kappa shape index (κ3) is 4.37. The zero-order valence-corrected chi connectivity index (χ0v) is 15.8. The highest BCUT2D eigenvalue weighted by atomic mass is 32.2. The zero-order chi connectivity index (χ0) is 21.4. The standard InChI is InChI=1S/C19H16F3NO5S/c1-11-7-12-9-14(18(24)25)17(19(20,21)22)28-16(12)15(8-11)29(26,27)10-23-13-5-3-2-4-6-13/h2-9,17,23H,10H2,1H3,(H,24,25). The number of ether oxygens (including phenoxy) is 1. The molecule has 154 valence electrons. The van der Waals surface area contributed by atoms with E-state index in [-0.39, 0.29) is 5.56 Å². The van der Waals surface area contributed by atoms with Crippen molar-refractivity contribution < 1.29 is 36.2 Å². The van der Waals surface area contributed by atoms with Crippen LogP contribution in [0.3, 0.4) is 0 Å². The summed E-state index contributed by atoms with van der Waals surface area (Å²) in [6.07, 6.45) is -7.00. The first kappa shape index (κ1) is 20.7. The van der Waals surface area contributed by atoms with Gasteiger partial charge in [-0.25, -0.2) is 13.2 Å². The average molecular weight is 427 g/mol. The molecule has 1 aliphatic heterocycles. The van der Waals surface area contributed by atoms with Crippen molar-refractivity contribution in [1.29, 1.82) is 0 Å². The summed E-state index contributed by atoms with van der Waals surface area (Å²) in [5, 5.41) is 11.8. The Hall–Kier alpha value is -3.01. The van der Waals surface area contributed by atoms with Crippen molar-refractivity contribution in [2.75, 3.05) is 11.2 Å². The summed E-state index contributed by atoms with van der Waals surface area (Å²) in [7, 11) is -4.11. The normalized spacial score (nSPS) is 16.4. The molecule has 1 heterocycles. The molecule has 0 amide bonds. The molecule has 1 aliphatic rings. The van der Waals surface area contributed by atoms with Gasteiger partial charge < -0.3 is 15.2 Å². The number of nitrogens with one attached hydrogen (secondary N) is 1. The molecule has 2 aromatic carbocycles. The predicted molar refractivity (Wildman–Crippen MR) is 99.4 cm³/mol. The van der Waals surface area contributed by atoms with E-state index in [0.29, 0.717) is 11.3 Å². The van der Waals surface area contributed by atoms with Gasteiger partial charge in [-0.3, -0.25) is 0 Å². The Balaban J connectivity index is 2.06. The summed E-state index contributed by atoms with van der Waals surface area (Å²) < 4.78 is 70.6. The fourth-order valence-electron chi connectivity index (χ4n) is 2.89. The molecule has 1 unspecified atom stereocenters.